The highest BCUT2D eigenvalue weighted by molar-refractivity contribution is 5.98. The zero-order valence-corrected chi connectivity index (χ0v) is 15.9. The summed E-state index contributed by atoms with van der Waals surface area (Å²) in [7, 11) is 1.96. The molecule has 0 aromatic heterocycles. The number of piperidine rings is 1. The largest absolute Gasteiger partial charge is 0.494 e. The zero-order valence-electron chi connectivity index (χ0n) is 15.1. The summed E-state index contributed by atoms with van der Waals surface area (Å²) in [6, 6.07) is 7.12. The topological polar surface area (TPSA) is 58.6 Å². The third-order valence-electron chi connectivity index (χ3n) is 4.51. The van der Waals surface area contributed by atoms with Crippen LogP contribution >= 0.6 is 12.4 Å². The summed E-state index contributed by atoms with van der Waals surface area (Å²) in [6.45, 7) is 5.15. The van der Waals surface area contributed by atoms with Crippen molar-refractivity contribution in [2.45, 2.75) is 32.6 Å². The second-order valence-electron chi connectivity index (χ2n) is 6.26. The fourth-order valence-corrected chi connectivity index (χ4v) is 3.10. The molecule has 0 bridgehead atoms. The first-order valence-corrected chi connectivity index (χ1v) is 8.82. The molecule has 6 heteroatoms. The first kappa shape index (κ1) is 21.5. The van der Waals surface area contributed by atoms with E-state index < -0.39 is 0 Å². The van der Waals surface area contributed by atoms with Crippen LogP contribution in [0.25, 0.3) is 0 Å². The fourth-order valence-electron chi connectivity index (χ4n) is 3.10. The van der Waals surface area contributed by atoms with Gasteiger partial charge in [0.2, 0.25) is 5.91 Å². The Kier molecular flexibility index (Phi) is 9.53. The lowest BCUT2D eigenvalue weighted by atomic mass is 9.96. The van der Waals surface area contributed by atoms with E-state index in [1.165, 1.54) is 0 Å². The second-order valence-corrected chi connectivity index (χ2v) is 6.26. The van der Waals surface area contributed by atoms with Crippen LogP contribution in [0, 0.1) is 5.92 Å². The molecule has 1 amide bonds. The van der Waals surface area contributed by atoms with Crippen LogP contribution in [0.15, 0.2) is 24.3 Å². The molecule has 1 heterocycles. The number of amides is 1. The molecule has 0 aliphatic carbocycles. The number of hydrogen-bond acceptors (Lipinski definition) is 4. The summed E-state index contributed by atoms with van der Waals surface area (Å²) in [5.41, 5.74) is 0.638. The minimum atomic E-state index is 0. The average Bonchev–Trinajstić information content (AvgIpc) is 2.61. The van der Waals surface area contributed by atoms with E-state index in [0.29, 0.717) is 24.5 Å². The Labute approximate surface area is 156 Å². The maximum absolute atomic E-state index is 12.3. The molecule has 0 spiro atoms. The van der Waals surface area contributed by atoms with Gasteiger partial charge in [-0.3, -0.25) is 9.59 Å². The van der Waals surface area contributed by atoms with Crippen LogP contribution in [-0.4, -0.2) is 49.9 Å². The molecule has 1 saturated heterocycles. The van der Waals surface area contributed by atoms with Gasteiger partial charge in [0.25, 0.3) is 0 Å². The minimum absolute atomic E-state index is 0. The predicted molar refractivity (Wildman–Crippen MR) is 102 cm³/mol. The van der Waals surface area contributed by atoms with E-state index in [4.69, 9.17) is 4.74 Å². The minimum Gasteiger partial charge on any atom is -0.494 e. The van der Waals surface area contributed by atoms with E-state index >= 15 is 0 Å². The molecule has 1 aromatic carbocycles. The number of carbonyl (C=O) groups is 2. The molecular formula is C19H29ClN2O3. The van der Waals surface area contributed by atoms with Gasteiger partial charge in [-0.05, 0) is 63.5 Å². The van der Waals surface area contributed by atoms with Gasteiger partial charge in [-0.15, -0.1) is 12.4 Å². The van der Waals surface area contributed by atoms with Crippen LogP contribution in [0.5, 0.6) is 5.75 Å². The highest BCUT2D eigenvalue weighted by Crippen LogP contribution is 2.18. The molecule has 1 aromatic rings. The number of ether oxygens (including phenoxy) is 1. The first-order chi connectivity index (χ1) is 11.6. The monoisotopic (exact) mass is 368 g/mol. The summed E-state index contributed by atoms with van der Waals surface area (Å²) in [4.78, 5) is 26.4. The van der Waals surface area contributed by atoms with Crippen molar-refractivity contribution < 1.29 is 14.3 Å². The number of nitrogens with zero attached hydrogens (tertiary/aromatic N) is 1. The van der Waals surface area contributed by atoms with Crippen molar-refractivity contribution in [1.29, 1.82) is 0 Å². The maximum Gasteiger partial charge on any atom is 0.223 e. The smallest absolute Gasteiger partial charge is 0.223 e. The molecule has 0 atom stereocenters. The summed E-state index contributed by atoms with van der Waals surface area (Å²) >= 11 is 0. The SMILES string of the molecule is CCOc1ccc(C(=O)CCC(=O)N2CCC(CNC)CC2)cc1.Cl. The number of halogens is 1. The van der Waals surface area contributed by atoms with Gasteiger partial charge in [-0.2, -0.15) is 0 Å². The average molecular weight is 369 g/mol. The van der Waals surface area contributed by atoms with E-state index in [9.17, 15) is 9.59 Å². The lowest BCUT2D eigenvalue weighted by Crippen LogP contribution is -2.40. The number of carbonyl (C=O) groups excluding carboxylic acids is 2. The Morgan fingerprint density at radius 1 is 1.16 bits per heavy atom. The van der Waals surface area contributed by atoms with Gasteiger partial charge >= 0.3 is 0 Å². The molecule has 1 aliphatic heterocycles. The quantitative estimate of drug-likeness (QED) is 0.717. The molecule has 0 saturated carbocycles. The van der Waals surface area contributed by atoms with Gasteiger partial charge < -0.3 is 15.0 Å². The van der Waals surface area contributed by atoms with E-state index in [1.54, 1.807) is 24.3 Å². The first-order valence-electron chi connectivity index (χ1n) is 8.82. The van der Waals surface area contributed by atoms with Crippen LogP contribution in [0.3, 0.4) is 0 Å². The van der Waals surface area contributed by atoms with Crippen LogP contribution in [0.2, 0.25) is 0 Å². The predicted octanol–water partition coefficient (Wildman–Crippen LogP) is 2.93. The Bertz CT molecular complexity index is 540. The van der Waals surface area contributed by atoms with Crippen molar-refractivity contribution in [3.05, 3.63) is 29.8 Å². The second kappa shape index (κ2) is 11.1. The standard InChI is InChI=1S/C19H28N2O3.ClH/c1-3-24-17-6-4-16(5-7-17)18(22)8-9-19(23)21-12-10-15(11-13-21)14-20-2;/h4-7,15,20H,3,8-14H2,1-2H3;1H. The lowest BCUT2D eigenvalue weighted by molar-refractivity contribution is -0.132. The Hall–Kier alpha value is -1.59. The van der Waals surface area contributed by atoms with Crippen LogP contribution < -0.4 is 10.1 Å². The number of ketones is 1. The Morgan fingerprint density at radius 2 is 1.80 bits per heavy atom. The molecule has 1 fully saturated rings. The number of rotatable bonds is 8. The highest BCUT2D eigenvalue weighted by atomic mass is 35.5. The van der Waals surface area contributed by atoms with Crippen LogP contribution in [0.4, 0.5) is 0 Å². The van der Waals surface area contributed by atoms with Crippen LogP contribution in [0.1, 0.15) is 43.0 Å². The van der Waals surface area contributed by atoms with Crippen molar-refractivity contribution in [2.75, 3.05) is 33.3 Å². The molecule has 25 heavy (non-hydrogen) atoms. The van der Waals surface area contributed by atoms with Crippen molar-refractivity contribution >= 4 is 24.1 Å². The van der Waals surface area contributed by atoms with Gasteiger partial charge in [-0.1, -0.05) is 0 Å². The maximum atomic E-state index is 12.3. The van der Waals surface area contributed by atoms with Gasteiger partial charge in [0.1, 0.15) is 5.75 Å². The van der Waals surface area contributed by atoms with Crippen LogP contribution in [-0.2, 0) is 4.79 Å². The number of hydrogen-bond donors (Lipinski definition) is 1. The third kappa shape index (κ3) is 6.67. The van der Waals surface area contributed by atoms with Gasteiger partial charge in [0.05, 0.1) is 6.61 Å². The normalized spacial score (nSPS) is 14.7. The number of nitrogens with one attached hydrogen (secondary N) is 1. The van der Waals surface area contributed by atoms with Gasteiger partial charge in [-0.25, -0.2) is 0 Å². The summed E-state index contributed by atoms with van der Waals surface area (Å²) < 4.78 is 5.37. The van der Waals surface area contributed by atoms with E-state index in [-0.39, 0.29) is 30.5 Å². The number of benzene rings is 1. The lowest BCUT2D eigenvalue weighted by Gasteiger charge is -2.32. The summed E-state index contributed by atoms with van der Waals surface area (Å²) in [5.74, 6) is 1.52. The Morgan fingerprint density at radius 3 is 2.36 bits per heavy atom. The van der Waals surface area contributed by atoms with E-state index in [1.807, 2.05) is 18.9 Å². The van der Waals surface area contributed by atoms with Crippen molar-refractivity contribution in [3.63, 3.8) is 0 Å². The van der Waals surface area contributed by atoms with E-state index in [2.05, 4.69) is 5.32 Å². The van der Waals surface area contributed by atoms with Crippen molar-refractivity contribution in [2.24, 2.45) is 5.92 Å². The molecule has 1 N–H and O–H groups in total. The molecule has 5 nitrogen and oxygen atoms in total. The summed E-state index contributed by atoms with van der Waals surface area (Å²) in [5, 5.41) is 3.19. The Balaban J connectivity index is 0.00000312. The van der Waals surface area contributed by atoms with Crippen molar-refractivity contribution in [1.82, 2.24) is 10.2 Å². The van der Waals surface area contributed by atoms with Gasteiger partial charge in [0.15, 0.2) is 5.78 Å². The number of likely N-dealkylation sites (tertiary alicyclic amines) is 1. The number of Topliss-reactive ketones (excluding diaryl/α,β-unsaturated/α-hetero) is 1. The molecule has 0 radical (unpaired) electrons. The fraction of sp³-hybridized carbons (Fsp3) is 0.579. The third-order valence-corrected chi connectivity index (χ3v) is 4.51. The highest BCUT2D eigenvalue weighted by Gasteiger charge is 2.22. The molecular weight excluding hydrogens is 340 g/mol. The molecule has 0 unspecified atom stereocenters. The molecule has 140 valence electrons. The summed E-state index contributed by atoms with van der Waals surface area (Å²) in [6.07, 6.45) is 2.64. The molecule has 1 aliphatic rings. The molecule has 2 rings (SSSR count). The van der Waals surface area contributed by atoms with E-state index in [0.717, 1.165) is 38.2 Å². The zero-order chi connectivity index (χ0) is 17.4. The van der Waals surface area contributed by atoms with Gasteiger partial charge in [0, 0.05) is 31.5 Å². The van der Waals surface area contributed by atoms with Crippen molar-refractivity contribution in [3.8, 4) is 5.75 Å².